The minimum atomic E-state index is -0.0743. The third-order valence-corrected chi connectivity index (χ3v) is 4.60. The monoisotopic (exact) mass is 284 g/mol. The van der Waals surface area contributed by atoms with E-state index >= 15 is 0 Å². The van der Waals surface area contributed by atoms with Crippen LogP contribution in [-0.2, 0) is 6.54 Å². The number of aliphatic hydroxyl groups is 1. The topological polar surface area (TPSA) is 26.7 Å². The van der Waals surface area contributed by atoms with Gasteiger partial charge in [-0.05, 0) is 50.5 Å². The van der Waals surface area contributed by atoms with E-state index in [9.17, 15) is 0 Å². The lowest BCUT2D eigenvalue weighted by molar-refractivity contribution is 0.215. The highest BCUT2D eigenvalue weighted by molar-refractivity contribution is 5.41. The Morgan fingerprint density at radius 1 is 1.14 bits per heavy atom. The van der Waals surface area contributed by atoms with Crippen LogP contribution in [0, 0.1) is 11.8 Å². The lowest BCUT2D eigenvalue weighted by atomic mass is 10.1. The third kappa shape index (κ3) is 3.65. The van der Waals surface area contributed by atoms with Crippen molar-refractivity contribution >= 4 is 0 Å². The maximum absolute atomic E-state index is 8.89. The fraction of sp³-hybridized carbons (Fsp3) is 0.556. The largest absolute Gasteiger partial charge is 0.384 e. The van der Waals surface area contributed by atoms with Crippen molar-refractivity contribution in [2.45, 2.75) is 31.8 Å². The maximum Gasteiger partial charge on any atom is 0.104 e. The standard InChI is InChI=1S/C18H24N2O/c21-13-4-8-16-6-1-2-7-17(16)14-19-10-5-12-20-11-3-9-18(20)15-19/h1-2,6-7,18,21H,3,5,9-15H2. The molecule has 3 rings (SSSR count). The van der Waals surface area contributed by atoms with Gasteiger partial charge in [-0.2, -0.15) is 0 Å². The van der Waals surface area contributed by atoms with Gasteiger partial charge in [0, 0.05) is 24.7 Å². The molecule has 0 radical (unpaired) electrons. The van der Waals surface area contributed by atoms with E-state index < -0.39 is 0 Å². The van der Waals surface area contributed by atoms with Crippen molar-refractivity contribution in [3.05, 3.63) is 35.4 Å². The molecule has 3 nitrogen and oxygen atoms in total. The number of hydrogen-bond donors (Lipinski definition) is 1. The van der Waals surface area contributed by atoms with Gasteiger partial charge >= 0.3 is 0 Å². The van der Waals surface area contributed by atoms with Crippen molar-refractivity contribution in [3.63, 3.8) is 0 Å². The molecule has 21 heavy (non-hydrogen) atoms. The van der Waals surface area contributed by atoms with Crippen LogP contribution >= 0.6 is 0 Å². The van der Waals surface area contributed by atoms with Crippen molar-refractivity contribution in [3.8, 4) is 11.8 Å². The summed E-state index contributed by atoms with van der Waals surface area (Å²) in [6, 6.07) is 9.07. The first-order valence-electron chi connectivity index (χ1n) is 8.01. The van der Waals surface area contributed by atoms with Gasteiger partial charge in [0.05, 0.1) is 0 Å². The average Bonchev–Trinajstić information content (AvgIpc) is 2.85. The van der Waals surface area contributed by atoms with E-state index in [-0.39, 0.29) is 6.61 Å². The van der Waals surface area contributed by atoms with Crippen LogP contribution in [0.15, 0.2) is 24.3 Å². The van der Waals surface area contributed by atoms with Crippen molar-refractivity contribution in [2.24, 2.45) is 0 Å². The van der Waals surface area contributed by atoms with Crippen molar-refractivity contribution in [1.82, 2.24) is 9.80 Å². The number of nitrogens with zero attached hydrogens (tertiary/aromatic N) is 2. The van der Waals surface area contributed by atoms with E-state index in [2.05, 4.69) is 39.8 Å². The summed E-state index contributed by atoms with van der Waals surface area (Å²) in [6.45, 7) is 5.80. The molecule has 1 aromatic rings. The van der Waals surface area contributed by atoms with E-state index in [1.165, 1.54) is 51.0 Å². The van der Waals surface area contributed by atoms with Crippen LogP contribution in [0.2, 0.25) is 0 Å². The first kappa shape index (κ1) is 14.6. The van der Waals surface area contributed by atoms with Crippen LogP contribution < -0.4 is 0 Å². The molecule has 1 unspecified atom stereocenters. The van der Waals surface area contributed by atoms with Crippen LogP contribution in [0.5, 0.6) is 0 Å². The fourth-order valence-corrected chi connectivity index (χ4v) is 3.58. The van der Waals surface area contributed by atoms with Gasteiger partial charge in [-0.25, -0.2) is 0 Å². The van der Waals surface area contributed by atoms with Crippen LogP contribution in [-0.4, -0.2) is 53.7 Å². The number of benzene rings is 1. The summed E-state index contributed by atoms with van der Waals surface area (Å²) in [5.41, 5.74) is 2.34. The Bertz CT molecular complexity index is 532. The Hall–Kier alpha value is -1.34. The molecule has 0 saturated carbocycles. The summed E-state index contributed by atoms with van der Waals surface area (Å²) >= 11 is 0. The number of rotatable bonds is 2. The molecule has 0 spiro atoms. The molecular formula is C18H24N2O. The molecular weight excluding hydrogens is 260 g/mol. The van der Waals surface area contributed by atoms with Gasteiger partial charge in [0.25, 0.3) is 0 Å². The molecule has 3 heteroatoms. The molecule has 0 aromatic heterocycles. The van der Waals surface area contributed by atoms with Crippen LogP contribution in [0.1, 0.15) is 30.4 Å². The Kier molecular flexibility index (Phi) is 4.92. The molecule has 1 N–H and O–H groups in total. The zero-order chi connectivity index (χ0) is 14.5. The van der Waals surface area contributed by atoms with Crippen LogP contribution in [0.25, 0.3) is 0 Å². The van der Waals surface area contributed by atoms with Crippen molar-refractivity contribution < 1.29 is 5.11 Å². The summed E-state index contributed by atoms with van der Waals surface area (Å²) in [5.74, 6) is 5.85. The second-order valence-electron chi connectivity index (χ2n) is 6.04. The number of aliphatic hydroxyl groups excluding tert-OH is 1. The Balaban J connectivity index is 1.71. The molecule has 2 aliphatic rings. The Morgan fingerprint density at radius 2 is 2.00 bits per heavy atom. The molecule has 0 bridgehead atoms. The summed E-state index contributed by atoms with van der Waals surface area (Å²) in [6.07, 6.45) is 3.97. The molecule has 1 aromatic carbocycles. The number of hydrogen-bond acceptors (Lipinski definition) is 3. The first-order valence-corrected chi connectivity index (χ1v) is 8.01. The second kappa shape index (κ2) is 7.09. The highest BCUT2D eigenvalue weighted by Gasteiger charge is 2.28. The van der Waals surface area contributed by atoms with E-state index in [0.717, 1.165) is 18.2 Å². The molecule has 2 aliphatic heterocycles. The molecule has 0 aliphatic carbocycles. The Morgan fingerprint density at radius 3 is 2.90 bits per heavy atom. The molecule has 2 fully saturated rings. The highest BCUT2D eigenvalue weighted by Crippen LogP contribution is 2.22. The van der Waals surface area contributed by atoms with Gasteiger partial charge < -0.3 is 5.11 Å². The van der Waals surface area contributed by atoms with E-state index in [4.69, 9.17) is 5.11 Å². The minimum absolute atomic E-state index is 0.0743. The average molecular weight is 284 g/mol. The van der Waals surface area contributed by atoms with Gasteiger partial charge in [-0.1, -0.05) is 30.0 Å². The lowest BCUT2D eigenvalue weighted by Crippen LogP contribution is -2.36. The molecule has 2 saturated heterocycles. The quantitative estimate of drug-likeness (QED) is 0.838. The zero-order valence-corrected chi connectivity index (χ0v) is 12.6. The van der Waals surface area contributed by atoms with Crippen molar-refractivity contribution in [2.75, 3.05) is 32.8 Å². The highest BCUT2D eigenvalue weighted by atomic mass is 16.2. The van der Waals surface area contributed by atoms with Gasteiger partial charge in [0.15, 0.2) is 0 Å². The lowest BCUT2D eigenvalue weighted by Gasteiger charge is -2.25. The second-order valence-corrected chi connectivity index (χ2v) is 6.04. The molecule has 1 atom stereocenters. The van der Waals surface area contributed by atoms with Crippen LogP contribution in [0.3, 0.4) is 0 Å². The van der Waals surface area contributed by atoms with Gasteiger partial charge in [0.2, 0.25) is 0 Å². The van der Waals surface area contributed by atoms with Crippen molar-refractivity contribution in [1.29, 1.82) is 0 Å². The van der Waals surface area contributed by atoms with Crippen LogP contribution in [0.4, 0.5) is 0 Å². The summed E-state index contributed by atoms with van der Waals surface area (Å²) in [4.78, 5) is 5.24. The fourth-order valence-electron chi connectivity index (χ4n) is 3.58. The summed E-state index contributed by atoms with van der Waals surface area (Å²) in [7, 11) is 0. The number of fused-ring (bicyclic) bond motifs is 1. The van der Waals surface area contributed by atoms with E-state index in [0.29, 0.717) is 0 Å². The van der Waals surface area contributed by atoms with E-state index in [1.54, 1.807) is 0 Å². The van der Waals surface area contributed by atoms with Gasteiger partial charge in [-0.3, -0.25) is 9.80 Å². The Labute approximate surface area is 127 Å². The van der Waals surface area contributed by atoms with E-state index in [1.807, 2.05) is 6.07 Å². The predicted octanol–water partition coefficient (Wildman–Crippen LogP) is 1.70. The zero-order valence-electron chi connectivity index (χ0n) is 12.6. The summed E-state index contributed by atoms with van der Waals surface area (Å²) < 4.78 is 0. The normalized spacial score (nSPS) is 23.2. The maximum atomic E-state index is 8.89. The van der Waals surface area contributed by atoms with Gasteiger partial charge in [-0.15, -0.1) is 0 Å². The molecule has 0 amide bonds. The SMILES string of the molecule is OCC#Cc1ccccc1CN1CCCN2CCCC2C1. The third-order valence-electron chi connectivity index (χ3n) is 4.60. The minimum Gasteiger partial charge on any atom is -0.384 e. The smallest absolute Gasteiger partial charge is 0.104 e. The molecule has 112 valence electrons. The summed E-state index contributed by atoms with van der Waals surface area (Å²) in [5, 5.41) is 8.89. The predicted molar refractivity (Wildman–Crippen MR) is 84.9 cm³/mol. The van der Waals surface area contributed by atoms with Gasteiger partial charge in [0.1, 0.15) is 6.61 Å². The molecule has 2 heterocycles. The first-order chi connectivity index (χ1) is 10.4.